The van der Waals surface area contributed by atoms with Crippen LogP contribution in [0.5, 0.6) is 0 Å². The fourth-order valence-corrected chi connectivity index (χ4v) is 1.83. The lowest BCUT2D eigenvalue weighted by Gasteiger charge is -2.21. The Bertz CT molecular complexity index is 597. The van der Waals surface area contributed by atoms with Crippen LogP contribution in [0.1, 0.15) is 37.0 Å². The fourth-order valence-electron chi connectivity index (χ4n) is 1.83. The van der Waals surface area contributed by atoms with Crippen molar-refractivity contribution >= 4 is 5.97 Å². The van der Waals surface area contributed by atoms with E-state index >= 15 is 0 Å². The molecule has 0 unspecified atom stereocenters. The Morgan fingerprint density at radius 1 is 1.21 bits per heavy atom. The SMILES string of the molecule is COC(=O)c1nnc(-c2ccccc2C(C)(C)C)o1. The van der Waals surface area contributed by atoms with Gasteiger partial charge in [-0.3, -0.25) is 0 Å². The average Bonchev–Trinajstić information content (AvgIpc) is 2.86. The van der Waals surface area contributed by atoms with Crippen molar-refractivity contribution in [3.8, 4) is 11.5 Å². The predicted octanol–water partition coefficient (Wildman–Crippen LogP) is 2.82. The zero-order valence-electron chi connectivity index (χ0n) is 11.4. The summed E-state index contributed by atoms with van der Waals surface area (Å²) in [5.41, 5.74) is 1.85. The number of ether oxygens (including phenoxy) is 1. The minimum Gasteiger partial charge on any atom is -0.462 e. The highest BCUT2D eigenvalue weighted by atomic mass is 16.5. The molecule has 0 N–H and O–H groups in total. The van der Waals surface area contributed by atoms with Crippen molar-refractivity contribution in [2.45, 2.75) is 26.2 Å². The molecule has 0 aliphatic heterocycles. The van der Waals surface area contributed by atoms with Crippen LogP contribution in [0.15, 0.2) is 28.7 Å². The van der Waals surface area contributed by atoms with Gasteiger partial charge in [-0.25, -0.2) is 4.79 Å². The van der Waals surface area contributed by atoms with Gasteiger partial charge in [0.2, 0.25) is 5.89 Å². The van der Waals surface area contributed by atoms with Gasteiger partial charge in [0, 0.05) is 5.56 Å². The molecule has 0 atom stereocenters. The molecule has 1 heterocycles. The van der Waals surface area contributed by atoms with Crippen LogP contribution < -0.4 is 0 Å². The Morgan fingerprint density at radius 3 is 2.53 bits per heavy atom. The highest BCUT2D eigenvalue weighted by Gasteiger charge is 2.22. The summed E-state index contributed by atoms with van der Waals surface area (Å²) < 4.78 is 9.91. The maximum Gasteiger partial charge on any atom is 0.396 e. The van der Waals surface area contributed by atoms with Crippen molar-refractivity contribution in [3.63, 3.8) is 0 Å². The Labute approximate surface area is 111 Å². The minimum atomic E-state index is -0.632. The van der Waals surface area contributed by atoms with E-state index in [4.69, 9.17) is 4.42 Å². The monoisotopic (exact) mass is 260 g/mol. The summed E-state index contributed by atoms with van der Waals surface area (Å²) in [6, 6.07) is 7.76. The molecule has 0 saturated carbocycles. The maximum absolute atomic E-state index is 11.3. The number of esters is 1. The first-order valence-corrected chi connectivity index (χ1v) is 5.95. The maximum atomic E-state index is 11.3. The summed E-state index contributed by atoms with van der Waals surface area (Å²) in [6.45, 7) is 6.30. The number of aromatic nitrogens is 2. The number of methoxy groups -OCH3 is 1. The van der Waals surface area contributed by atoms with E-state index in [1.54, 1.807) is 0 Å². The van der Waals surface area contributed by atoms with Crippen molar-refractivity contribution in [3.05, 3.63) is 35.7 Å². The molecule has 1 aromatic heterocycles. The van der Waals surface area contributed by atoms with Gasteiger partial charge in [-0.05, 0) is 17.0 Å². The van der Waals surface area contributed by atoms with E-state index in [9.17, 15) is 4.79 Å². The van der Waals surface area contributed by atoms with Gasteiger partial charge in [-0.1, -0.05) is 39.0 Å². The summed E-state index contributed by atoms with van der Waals surface area (Å²) in [5.74, 6) is -0.445. The number of rotatable bonds is 2. The largest absolute Gasteiger partial charge is 0.462 e. The van der Waals surface area contributed by atoms with Crippen LogP contribution in [0.25, 0.3) is 11.5 Å². The number of benzene rings is 1. The molecule has 2 rings (SSSR count). The second-order valence-corrected chi connectivity index (χ2v) is 5.20. The standard InChI is InChI=1S/C14H16N2O3/c1-14(2,3)10-8-6-5-7-9(10)11-15-16-12(19-11)13(17)18-4/h5-8H,1-4H3. The van der Waals surface area contributed by atoms with Crippen LogP contribution in [0, 0.1) is 0 Å². The van der Waals surface area contributed by atoms with Gasteiger partial charge in [-0.15, -0.1) is 10.2 Å². The lowest BCUT2D eigenvalue weighted by Crippen LogP contribution is -2.12. The van der Waals surface area contributed by atoms with Gasteiger partial charge in [-0.2, -0.15) is 0 Å². The zero-order valence-corrected chi connectivity index (χ0v) is 11.4. The molecule has 0 bridgehead atoms. The summed E-state index contributed by atoms with van der Waals surface area (Å²) in [7, 11) is 1.27. The number of hydrogen-bond donors (Lipinski definition) is 0. The second kappa shape index (κ2) is 4.84. The molecule has 0 fully saturated rings. The lowest BCUT2D eigenvalue weighted by atomic mass is 9.84. The quantitative estimate of drug-likeness (QED) is 0.777. The van der Waals surface area contributed by atoms with Crippen LogP contribution >= 0.6 is 0 Å². The van der Waals surface area contributed by atoms with Crippen molar-refractivity contribution in [2.75, 3.05) is 7.11 Å². The van der Waals surface area contributed by atoms with Crippen molar-refractivity contribution in [1.29, 1.82) is 0 Å². The van der Waals surface area contributed by atoms with E-state index in [0.29, 0.717) is 5.89 Å². The molecule has 5 nitrogen and oxygen atoms in total. The molecule has 100 valence electrons. The van der Waals surface area contributed by atoms with Crippen molar-refractivity contribution in [1.82, 2.24) is 10.2 Å². The third kappa shape index (κ3) is 2.65. The van der Waals surface area contributed by atoms with Crippen LogP contribution in [0.3, 0.4) is 0 Å². The van der Waals surface area contributed by atoms with Gasteiger partial charge in [0.15, 0.2) is 0 Å². The number of hydrogen-bond acceptors (Lipinski definition) is 5. The first kappa shape index (κ1) is 13.3. The summed E-state index contributed by atoms with van der Waals surface area (Å²) >= 11 is 0. The Hall–Kier alpha value is -2.17. The van der Waals surface area contributed by atoms with Crippen molar-refractivity contribution < 1.29 is 13.9 Å². The summed E-state index contributed by atoms with van der Waals surface area (Å²) in [6.07, 6.45) is 0. The first-order chi connectivity index (χ1) is 8.93. The van der Waals surface area contributed by atoms with Gasteiger partial charge < -0.3 is 9.15 Å². The fraction of sp³-hybridized carbons (Fsp3) is 0.357. The van der Waals surface area contributed by atoms with E-state index in [2.05, 4.69) is 35.7 Å². The van der Waals surface area contributed by atoms with Crippen LogP contribution in [-0.2, 0) is 10.2 Å². The van der Waals surface area contributed by atoms with Crippen LogP contribution in [-0.4, -0.2) is 23.3 Å². The molecule has 0 spiro atoms. The Morgan fingerprint density at radius 2 is 1.89 bits per heavy atom. The molecule has 19 heavy (non-hydrogen) atoms. The summed E-state index contributed by atoms with van der Waals surface area (Å²) in [4.78, 5) is 11.3. The van der Waals surface area contributed by atoms with Gasteiger partial charge in [0.25, 0.3) is 0 Å². The first-order valence-electron chi connectivity index (χ1n) is 5.95. The predicted molar refractivity (Wildman–Crippen MR) is 69.8 cm³/mol. The average molecular weight is 260 g/mol. The molecule has 0 aliphatic carbocycles. The zero-order chi connectivity index (χ0) is 14.0. The Kier molecular flexibility index (Phi) is 3.38. The minimum absolute atomic E-state index is 0.0590. The van der Waals surface area contributed by atoms with Gasteiger partial charge in [0.05, 0.1) is 7.11 Å². The third-order valence-corrected chi connectivity index (χ3v) is 2.75. The molecule has 5 heteroatoms. The van der Waals surface area contributed by atoms with E-state index in [0.717, 1.165) is 11.1 Å². The van der Waals surface area contributed by atoms with E-state index in [-0.39, 0.29) is 11.3 Å². The third-order valence-electron chi connectivity index (χ3n) is 2.75. The molecule has 2 aromatic rings. The second-order valence-electron chi connectivity index (χ2n) is 5.20. The van der Waals surface area contributed by atoms with Crippen LogP contribution in [0.2, 0.25) is 0 Å². The van der Waals surface area contributed by atoms with E-state index in [1.807, 2.05) is 24.3 Å². The van der Waals surface area contributed by atoms with E-state index in [1.165, 1.54) is 7.11 Å². The molecule has 0 aliphatic rings. The molecule has 0 radical (unpaired) electrons. The topological polar surface area (TPSA) is 65.2 Å². The molecular weight excluding hydrogens is 244 g/mol. The molecule has 1 aromatic carbocycles. The van der Waals surface area contributed by atoms with Gasteiger partial charge in [0.1, 0.15) is 0 Å². The summed E-state index contributed by atoms with van der Waals surface area (Å²) in [5, 5.41) is 7.61. The molecule has 0 saturated heterocycles. The molecular formula is C14H16N2O3. The van der Waals surface area contributed by atoms with E-state index < -0.39 is 5.97 Å². The lowest BCUT2D eigenvalue weighted by molar-refractivity contribution is 0.0556. The Balaban J connectivity index is 2.48. The highest BCUT2D eigenvalue weighted by molar-refractivity contribution is 5.84. The number of carbonyl (C=O) groups excluding carboxylic acids is 1. The number of carbonyl (C=O) groups is 1. The van der Waals surface area contributed by atoms with Crippen molar-refractivity contribution in [2.24, 2.45) is 0 Å². The smallest absolute Gasteiger partial charge is 0.396 e. The normalized spacial score (nSPS) is 11.4. The highest BCUT2D eigenvalue weighted by Crippen LogP contribution is 2.32. The number of nitrogens with zero attached hydrogens (tertiary/aromatic N) is 2. The van der Waals surface area contributed by atoms with Crippen LogP contribution in [0.4, 0.5) is 0 Å². The molecule has 0 amide bonds. The van der Waals surface area contributed by atoms with Gasteiger partial charge >= 0.3 is 11.9 Å².